The first-order valence-corrected chi connectivity index (χ1v) is 8.55. The number of ether oxygens (including phenoxy) is 1. The van der Waals surface area contributed by atoms with Gasteiger partial charge in [0.05, 0.1) is 11.9 Å². The molecule has 1 N–H and O–H groups in total. The summed E-state index contributed by atoms with van der Waals surface area (Å²) in [7, 11) is -2.25. The standard InChI is InChI=1S/C16H17F2NO3S/c1-22-16(13-5-3-7-15(18)9-13)10-19-23(20,21)11-12-4-2-6-14(17)8-12/h2-9,16,19H,10-11H2,1H3. The number of methoxy groups -OCH3 is 1. The average Bonchev–Trinajstić information content (AvgIpc) is 2.47. The highest BCUT2D eigenvalue weighted by Gasteiger charge is 2.17. The van der Waals surface area contributed by atoms with Crippen LogP contribution in [0.5, 0.6) is 0 Å². The van der Waals surface area contributed by atoms with Crippen LogP contribution in [0.3, 0.4) is 0 Å². The minimum atomic E-state index is -3.67. The Labute approximate surface area is 134 Å². The van der Waals surface area contributed by atoms with Crippen LogP contribution in [-0.4, -0.2) is 22.1 Å². The summed E-state index contributed by atoms with van der Waals surface area (Å²) in [5, 5.41) is 0. The molecule has 0 heterocycles. The highest BCUT2D eigenvalue weighted by atomic mass is 32.2. The highest BCUT2D eigenvalue weighted by molar-refractivity contribution is 7.88. The second-order valence-corrected chi connectivity index (χ2v) is 6.82. The molecule has 2 aromatic carbocycles. The summed E-state index contributed by atoms with van der Waals surface area (Å²) in [6.45, 7) is -0.0440. The first-order chi connectivity index (χ1) is 10.9. The third-order valence-electron chi connectivity index (χ3n) is 3.24. The van der Waals surface area contributed by atoms with Crippen molar-refractivity contribution in [3.8, 4) is 0 Å². The number of rotatable bonds is 7. The molecule has 0 fully saturated rings. The van der Waals surface area contributed by atoms with E-state index in [4.69, 9.17) is 4.74 Å². The van der Waals surface area contributed by atoms with Gasteiger partial charge in [-0.15, -0.1) is 0 Å². The van der Waals surface area contributed by atoms with E-state index in [0.29, 0.717) is 11.1 Å². The number of hydrogen-bond acceptors (Lipinski definition) is 3. The molecule has 0 aliphatic heterocycles. The van der Waals surface area contributed by atoms with Crippen LogP contribution in [0.1, 0.15) is 17.2 Å². The van der Waals surface area contributed by atoms with Gasteiger partial charge in [0.15, 0.2) is 0 Å². The van der Waals surface area contributed by atoms with Crippen molar-refractivity contribution in [1.29, 1.82) is 0 Å². The Kier molecular flexibility index (Phi) is 5.81. The topological polar surface area (TPSA) is 55.4 Å². The molecule has 0 saturated carbocycles. The first-order valence-electron chi connectivity index (χ1n) is 6.89. The van der Waals surface area contributed by atoms with E-state index in [-0.39, 0.29) is 12.3 Å². The molecule has 0 spiro atoms. The van der Waals surface area contributed by atoms with Crippen LogP contribution >= 0.6 is 0 Å². The lowest BCUT2D eigenvalue weighted by molar-refractivity contribution is 0.107. The lowest BCUT2D eigenvalue weighted by Crippen LogP contribution is -2.30. The van der Waals surface area contributed by atoms with Crippen LogP contribution in [0.2, 0.25) is 0 Å². The quantitative estimate of drug-likeness (QED) is 0.842. The second-order valence-electron chi connectivity index (χ2n) is 5.02. The molecule has 0 aromatic heterocycles. The van der Waals surface area contributed by atoms with Crippen molar-refractivity contribution in [3.63, 3.8) is 0 Å². The Bertz CT molecular complexity index is 765. The Morgan fingerprint density at radius 3 is 2.35 bits per heavy atom. The van der Waals surface area contributed by atoms with Crippen LogP contribution in [0.4, 0.5) is 8.78 Å². The largest absolute Gasteiger partial charge is 0.375 e. The third-order valence-corrected chi connectivity index (χ3v) is 4.56. The number of benzene rings is 2. The molecule has 124 valence electrons. The molecule has 0 aliphatic rings. The molecular formula is C16H17F2NO3S. The zero-order valence-corrected chi connectivity index (χ0v) is 13.3. The van der Waals surface area contributed by atoms with Crippen LogP contribution in [0.25, 0.3) is 0 Å². The normalized spacial score (nSPS) is 13.0. The Morgan fingerprint density at radius 2 is 1.74 bits per heavy atom. The van der Waals surface area contributed by atoms with E-state index in [0.717, 1.165) is 0 Å². The molecule has 7 heteroatoms. The molecule has 23 heavy (non-hydrogen) atoms. The van der Waals surface area contributed by atoms with Crippen molar-refractivity contribution < 1.29 is 21.9 Å². The Morgan fingerprint density at radius 1 is 1.09 bits per heavy atom. The monoisotopic (exact) mass is 341 g/mol. The predicted molar refractivity (Wildman–Crippen MR) is 83.2 cm³/mol. The molecule has 0 bridgehead atoms. The molecule has 1 atom stereocenters. The number of sulfonamides is 1. The van der Waals surface area contributed by atoms with E-state index in [9.17, 15) is 17.2 Å². The summed E-state index contributed by atoms with van der Waals surface area (Å²) < 4.78 is 58.1. The Hall–Kier alpha value is -1.83. The zero-order valence-electron chi connectivity index (χ0n) is 12.5. The maximum Gasteiger partial charge on any atom is 0.215 e. The Balaban J connectivity index is 2.02. The van der Waals surface area contributed by atoms with Gasteiger partial charge in [0.25, 0.3) is 0 Å². The van der Waals surface area contributed by atoms with Crippen molar-refractivity contribution in [2.75, 3.05) is 13.7 Å². The number of halogens is 2. The summed E-state index contributed by atoms with van der Waals surface area (Å²) in [5.74, 6) is -1.26. The second kappa shape index (κ2) is 7.63. The van der Waals surface area contributed by atoms with Gasteiger partial charge >= 0.3 is 0 Å². The fourth-order valence-corrected chi connectivity index (χ4v) is 3.27. The van der Waals surface area contributed by atoms with Gasteiger partial charge in [-0.2, -0.15) is 0 Å². The van der Waals surface area contributed by atoms with Gasteiger partial charge in [-0.3, -0.25) is 0 Å². The van der Waals surface area contributed by atoms with Gasteiger partial charge in [0, 0.05) is 13.7 Å². The molecule has 1 unspecified atom stereocenters. The van der Waals surface area contributed by atoms with E-state index in [1.54, 1.807) is 6.07 Å². The van der Waals surface area contributed by atoms with Gasteiger partial charge in [-0.25, -0.2) is 21.9 Å². The molecular weight excluding hydrogens is 324 g/mol. The van der Waals surface area contributed by atoms with Crippen LogP contribution < -0.4 is 4.72 Å². The van der Waals surface area contributed by atoms with Crippen LogP contribution in [0.15, 0.2) is 48.5 Å². The van der Waals surface area contributed by atoms with E-state index in [2.05, 4.69) is 4.72 Å². The minimum Gasteiger partial charge on any atom is -0.375 e. The molecule has 0 aliphatic carbocycles. The molecule has 2 aromatic rings. The van der Waals surface area contributed by atoms with Gasteiger partial charge in [-0.1, -0.05) is 24.3 Å². The van der Waals surface area contributed by atoms with Crippen LogP contribution in [0, 0.1) is 11.6 Å². The van der Waals surface area contributed by atoms with E-state index < -0.39 is 27.8 Å². The summed E-state index contributed by atoms with van der Waals surface area (Å²) in [5.41, 5.74) is 0.873. The first kappa shape index (κ1) is 17.5. The van der Waals surface area contributed by atoms with E-state index in [1.807, 2.05) is 0 Å². The highest BCUT2D eigenvalue weighted by Crippen LogP contribution is 2.17. The summed E-state index contributed by atoms with van der Waals surface area (Å²) in [4.78, 5) is 0. The maximum absolute atomic E-state index is 13.2. The van der Waals surface area contributed by atoms with E-state index in [1.165, 1.54) is 49.6 Å². The van der Waals surface area contributed by atoms with E-state index >= 15 is 0 Å². The predicted octanol–water partition coefficient (Wildman–Crippen LogP) is 2.77. The molecule has 0 amide bonds. The molecule has 4 nitrogen and oxygen atoms in total. The average molecular weight is 341 g/mol. The summed E-state index contributed by atoms with van der Waals surface area (Å²) >= 11 is 0. The third kappa shape index (κ3) is 5.38. The van der Waals surface area contributed by atoms with Gasteiger partial charge < -0.3 is 4.74 Å². The fraction of sp³-hybridized carbons (Fsp3) is 0.250. The van der Waals surface area contributed by atoms with Crippen molar-refractivity contribution in [1.82, 2.24) is 4.72 Å². The van der Waals surface area contributed by atoms with Crippen LogP contribution in [-0.2, 0) is 20.5 Å². The van der Waals surface area contributed by atoms with Gasteiger partial charge in [0.1, 0.15) is 11.6 Å². The number of nitrogens with one attached hydrogen (secondary N) is 1. The van der Waals surface area contributed by atoms with Crippen molar-refractivity contribution in [2.45, 2.75) is 11.9 Å². The zero-order chi connectivity index (χ0) is 16.9. The smallest absolute Gasteiger partial charge is 0.215 e. The SMILES string of the molecule is COC(CNS(=O)(=O)Cc1cccc(F)c1)c1cccc(F)c1. The summed E-state index contributed by atoms with van der Waals surface area (Å²) in [6.07, 6.45) is -0.618. The maximum atomic E-state index is 13.2. The molecule has 0 saturated heterocycles. The summed E-state index contributed by atoms with van der Waals surface area (Å²) in [6, 6.07) is 11.1. The molecule has 2 rings (SSSR count). The van der Waals surface area contributed by atoms with Gasteiger partial charge in [-0.05, 0) is 35.4 Å². The fourth-order valence-electron chi connectivity index (χ4n) is 2.14. The number of hydrogen-bond donors (Lipinski definition) is 1. The van der Waals surface area contributed by atoms with Crippen molar-refractivity contribution in [3.05, 3.63) is 71.3 Å². The van der Waals surface area contributed by atoms with Crippen molar-refractivity contribution >= 4 is 10.0 Å². The lowest BCUT2D eigenvalue weighted by Gasteiger charge is -2.16. The minimum absolute atomic E-state index is 0.0440. The van der Waals surface area contributed by atoms with Gasteiger partial charge in [0.2, 0.25) is 10.0 Å². The lowest BCUT2D eigenvalue weighted by atomic mass is 10.1. The van der Waals surface area contributed by atoms with Crippen molar-refractivity contribution in [2.24, 2.45) is 0 Å². The molecule has 0 radical (unpaired) electrons.